The maximum absolute atomic E-state index is 12.1. The third-order valence-electron chi connectivity index (χ3n) is 3.18. The number of aryl methyl sites for hydroxylation is 2. The summed E-state index contributed by atoms with van der Waals surface area (Å²) in [5.74, 6) is 0.879. The summed E-state index contributed by atoms with van der Waals surface area (Å²) in [6.45, 7) is 3.05. The van der Waals surface area contributed by atoms with Crippen LogP contribution < -0.4 is 10.5 Å². The number of hydrogen-bond acceptors (Lipinski definition) is 5. The molecule has 0 unspecified atom stereocenters. The van der Waals surface area contributed by atoms with Gasteiger partial charge in [-0.3, -0.25) is 0 Å². The molecule has 0 aliphatic carbocycles. The molecule has 2 heterocycles. The molecule has 0 aliphatic rings. The highest BCUT2D eigenvalue weighted by Gasteiger charge is 2.18. The van der Waals surface area contributed by atoms with Crippen molar-refractivity contribution < 1.29 is 8.42 Å². The highest BCUT2D eigenvalue weighted by molar-refractivity contribution is 7.89. The highest BCUT2D eigenvalue weighted by Crippen LogP contribution is 2.19. The van der Waals surface area contributed by atoms with Gasteiger partial charge in [0.05, 0.1) is 5.02 Å². The summed E-state index contributed by atoms with van der Waals surface area (Å²) >= 11 is 5.76. The van der Waals surface area contributed by atoms with E-state index in [9.17, 15) is 8.42 Å². The SMILES string of the molecule is Cc1nccn1CCCCNS(=O)(=O)c1cc(Cl)cnc1N. The Labute approximate surface area is 134 Å². The standard InChI is InChI=1S/C13H18ClN5O2S/c1-10-16-5-7-19(10)6-3-2-4-18-22(20,21)12-8-11(14)9-17-13(12)15/h5,7-9,18H,2-4,6H2,1H3,(H2,15,17). The number of sulfonamides is 1. The molecule has 0 aliphatic heterocycles. The number of nitrogens with zero attached hydrogens (tertiary/aromatic N) is 3. The highest BCUT2D eigenvalue weighted by atomic mass is 35.5. The second-order valence-corrected chi connectivity index (χ2v) is 6.98. The minimum Gasteiger partial charge on any atom is -0.383 e. The van der Waals surface area contributed by atoms with E-state index in [1.54, 1.807) is 6.20 Å². The molecule has 0 amide bonds. The summed E-state index contributed by atoms with van der Waals surface area (Å²) in [5, 5.41) is 0.227. The lowest BCUT2D eigenvalue weighted by Gasteiger charge is -2.09. The van der Waals surface area contributed by atoms with Gasteiger partial charge in [0.2, 0.25) is 10.0 Å². The predicted octanol–water partition coefficient (Wildman–Crippen LogP) is 1.58. The molecule has 0 radical (unpaired) electrons. The Bertz CT molecular complexity index is 745. The van der Waals surface area contributed by atoms with Gasteiger partial charge in [-0.1, -0.05) is 11.6 Å². The summed E-state index contributed by atoms with van der Waals surface area (Å²) in [5.41, 5.74) is 5.59. The Hall–Kier alpha value is -1.64. The van der Waals surface area contributed by atoms with Crippen molar-refractivity contribution in [3.05, 3.63) is 35.5 Å². The van der Waals surface area contributed by atoms with Crippen LogP contribution in [-0.2, 0) is 16.6 Å². The summed E-state index contributed by atoms with van der Waals surface area (Å²) < 4.78 is 28.8. The zero-order valence-electron chi connectivity index (χ0n) is 12.2. The van der Waals surface area contributed by atoms with Crippen LogP contribution in [0.1, 0.15) is 18.7 Å². The van der Waals surface area contributed by atoms with Crippen LogP contribution in [0.4, 0.5) is 5.82 Å². The second-order valence-electron chi connectivity index (χ2n) is 4.81. The number of nitrogens with one attached hydrogen (secondary N) is 1. The number of nitrogen functional groups attached to an aromatic ring is 1. The molecule has 0 atom stereocenters. The van der Waals surface area contributed by atoms with Gasteiger partial charge in [0.15, 0.2) is 0 Å². The number of pyridine rings is 1. The molecule has 0 saturated heterocycles. The van der Waals surface area contributed by atoms with Crippen molar-refractivity contribution >= 4 is 27.4 Å². The predicted molar refractivity (Wildman–Crippen MR) is 85.0 cm³/mol. The van der Waals surface area contributed by atoms with E-state index in [-0.39, 0.29) is 15.7 Å². The maximum atomic E-state index is 12.1. The van der Waals surface area contributed by atoms with Crippen molar-refractivity contribution in [1.82, 2.24) is 19.3 Å². The molecule has 120 valence electrons. The Morgan fingerprint density at radius 3 is 2.82 bits per heavy atom. The van der Waals surface area contributed by atoms with Crippen molar-refractivity contribution in [2.45, 2.75) is 31.2 Å². The number of imidazole rings is 1. The van der Waals surface area contributed by atoms with Gasteiger partial charge in [0.1, 0.15) is 16.5 Å². The number of nitrogens with two attached hydrogens (primary N) is 1. The van der Waals surface area contributed by atoms with E-state index in [1.165, 1.54) is 12.3 Å². The van der Waals surface area contributed by atoms with E-state index in [0.29, 0.717) is 13.0 Å². The normalized spacial score (nSPS) is 11.7. The smallest absolute Gasteiger partial charge is 0.244 e. The topological polar surface area (TPSA) is 103 Å². The lowest BCUT2D eigenvalue weighted by molar-refractivity contribution is 0.563. The minimum absolute atomic E-state index is 0.0639. The zero-order chi connectivity index (χ0) is 16.2. The molecular formula is C13H18ClN5O2S. The largest absolute Gasteiger partial charge is 0.383 e. The number of unbranched alkanes of at least 4 members (excludes halogenated alkanes) is 1. The fourth-order valence-corrected chi connectivity index (χ4v) is 3.38. The first-order valence-corrected chi connectivity index (χ1v) is 8.64. The molecule has 0 aromatic carbocycles. The van der Waals surface area contributed by atoms with Crippen LogP contribution in [-0.4, -0.2) is 29.5 Å². The monoisotopic (exact) mass is 343 g/mol. The molecule has 9 heteroatoms. The van der Waals surface area contributed by atoms with Crippen LogP contribution in [0.15, 0.2) is 29.6 Å². The molecule has 2 aromatic rings. The molecule has 2 rings (SSSR count). The van der Waals surface area contributed by atoms with E-state index in [4.69, 9.17) is 17.3 Å². The Balaban J connectivity index is 1.85. The van der Waals surface area contributed by atoms with Gasteiger partial charge < -0.3 is 10.3 Å². The maximum Gasteiger partial charge on any atom is 0.244 e. The number of anilines is 1. The van der Waals surface area contributed by atoms with E-state index in [1.807, 2.05) is 17.7 Å². The van der Waals surface area contributed by atoms with Gasteiger partial charge in [-0.15, -0.1) is 0 Å². The van der Waals surface area contributed by atoms with Gasteiger partial charge >= 0.3 is 0 Å². The average molecular weight is 344 g/mol. The average Bonchev–Trinajstić information content (AvgIpc) is 2.86. The van der Waals surface area contributed by atoms with Gasteiger partial charge in [-0.2, -0.15) is 0 Å². The first kappa shape index (κ1) is 16.7. The lowest BCUT2D eigenvalue weighted by Crippen LogP contribution is -2.26. The van der Waals surface area contributed by atoms with Crippen LogP contribution in [0.25, 0.3) is 0 Å². The first-order chi connectivity index (χ1) is 10.4. The molecule has 0 saturated carbocycles. The van der Waals surface area contributed by atoms with Crippen molar-refractivity contribution in [1.29, 1.82) is 0 Å². The van der Waals surface area contributed by atoms with E-state index in [2.05, 4.69) is 14.7 Å². The minimum atomic E-state index is -3.70. The Morgan fingerprint density at radius 2 is 2.14 bits per heavy atom. The van der Waals surface area contributed by atoms with Gasteiger partial charge in [0.25, 0.3) is 0 Å². The van der Waals surface area contributed by atoms with Crippen molar-refractivity contribution in [3.63, 3.8) is 0 Å². The van der Waals surface area contributed by atoms with E-state index >= 15 is 0 Å². The third-order valence-corrected chi connectivity index (χ3v) is 4.88. The zero-order valence-corrected chi connectivity index (χ0v) is 13.7. The summed E-state index contributed by atoms with van der Waals surface area (Å²) in [7, 11) is -3.70. The van der Waals surface area contributed by atoms with Gasteiger partial charge in [-0.25, -0.2) is 23.1 Å². The number of rotatable bonds is 7. The molecule has 0 fully saturated rings. The van der Waals surface area contributed by atoms with Crippen LogP contribution in [0.3, 0.4) is 0 Å². The summed E-state index contributed by atoms with van der Waals surface area (Å²) in [4.78, 5) is 7.79. The number of aromatic nitrogens is 3. The summed E-state index contributed by atoms with van der Waals surface area (Å²) in [6, 6.07) is 1.29. The van der Waals surface area contributed by atoms with E-state index < -0.39 is 10.0 Å². The Kier molecular flexibility index (Phi) is 5.38. The fraction of sp³-hybridized carbons (Fsp3) is 0.385. The molecule has 2 aromatic heterocycles. The van der Waals surface area contributed by atoms with E-state index in [0.717, 1.165) is 18.8 Å². The van der Waals surface area contributed by atoms with Crippen LogP contribution in [0, 0.1) is 6.92 Å². The number of hydrogen-bond donors (Lipinski definition) is 2. The first-order valence-electron chi connectivity index (χ1n) is 6.78. The van der Waals surface area contributed by atoms with Crippen LogP contribution in [0.2, 0.25) is 5.02 Å². The van der Waals surface area contributed by atoms with Gasteiger partial charge in [-0.05, 0) is 25.8 Å². The molecular weight excluding hydrogens is 326 g/mol. The fourth-order valence-electron chi connectivity index (χ4n) is 1.98. The van der Waals surface area contributed by atoms with Crippen molar-refractivity contribution in [3.8, 4) is 0 Å². The van der Waals surface area contributed by atoms with Crippen molar-refractivity contribution in [2.75, 3.05) is 12.3 Å². The quantitative estimate of drug-likeness (QED) is 0.743. The molecule has 7 nitrogen and oxygen atoms in total. The second kappa shape index (κ2) is 7.08. The van der Waals surface area contributed by atoms with Gasteiger partial charge in [0, 0.05) is 31.7 Å². The van der Waals surface area contributed by atoms with Crippen molar-refractivity contribution in [2.24, 2.45) is 0 Å². The summed E-state index contributed by atoms with van der Waals surface area (Å²) in [6.07, 6.45) is 6.49. The van der Waals surface area contributed by atoms with Crippen LogP contribution >= 0.6 is 11.6 Å². The lowest BCUT2D eigenvalue weighted by atomic mass is 10.3. The third kappa shape index (κ3) is 4.19. The molecule has 3 N–H and O–H groups in total. The Morgan fingerprint density at radius 1 is 1.36 bits per heavy atom. The molecule has 0 bridgehead atoms. The number of halogens is 1. The van der Waals surface area contributed by atoms with Crippen LogP contribution in [0.5, 0.6) is 0 Å². The molecule has 0 spiro atoms. The molecule has 22 heavy (non-hydrogen) atoms.